The number of halogens is 1. The first-order valence-electron chi connectivity index (χ1n) is 5.22. The minimum atomic E-state index is -0.329. The minimum Gasteiger partial charge on any atom is -0.444 e. The molecule has 7 heteroatoms. The molecule has 1 amide bonds. The summed E-state index contributed by atoms with van der Waals surface area (Å²) in [5.41, 5.74) is -0.201. The summed E-state index contributed by atoms with van der Waals surface area (Å²) in [6.45, 7) is 0.612. The predicted octanol–water partition coefficient (Wildman–Crippen LogP) is 1.03. The number of nitrogens with zero attached hydrogens (tertiary/aromatic N) is 2. The molecule has 0 saturated heterocycles. The first kappa shape index (κ1) is 12.6. The van der Waals surface area contributed by atoms with E-state index in [1.165, 1.54) is 16.9 Å². The fourth-order valence-electron chi connectivity index (χ4n) is 1.35. The summed E-state index contributed by atoms with van der Waals surface area (Å²) < 4.78 is 6.86. The van der Waals surface area contributed by atoms with Crippen molar-refractivity contribution >= 4 is 21.8 Å². The molecular formula is C11H10BrN3O3. The van der Waals surface area contributed by atoms with Gasteiger partial charge in [0, 0.05) is 18.8 Å². The third-order valence-corrected chi connectivity index (χ3v) is 2.62. The van der Waals surface area contributed by atoms with Gasteiger partial charge in [-0.3, -0.25) is 9.59 Å². The Bertz CT molecular complexity index is 605. The van der Waals surface area contributed by atoms with Crippen LogP contribution in [0.15, 0.2) is 44.3 Å². The third kappa shape index (κ3) is 3.07. The number of furan rings is 1. The Morgan fingerprint density at radius 1 is 1.44 bits per heavy atom. The molecular weight excluding hydrogens is 302 g/mol. The van der Waals surface area contributed by atoms with Crippen LogP contribution in [0.25, 0.3) is 0 Å². The maximum Gasteiger partial charge on any atom is 0.287 e. The summed E-state index contributed by atoms with van der Waals surface area (Å²) in [5, 5.41) is 6.51. The van der Waals surface area contributed by atoms with E-state index in [0.717, 1.165) is 0 Å². The van der Waals surface area contributed by atoms with E-state index in [2.05, 4.69) is 26.3 Å². The van der Waals surface area contributed by atoms with Gasteiger partial charge in [0.05, 0.1) is 6.54 Å². The van der Waals surface area contributed by atoms with E-state index >= 15 is 0 Å². The smallest absolute Gasteiger partial charge is 0.287 e. The lowest BCUT2D eigenvalue weighted by atomic mass is 10.4. The van der Waals surface area contributed by atoms with Crippen molar-refractivity contribution in [3.05, 3.63) is 51.2 Å². The molecule has 18 heavy (non-hydrogen) atoms. The fraction of sp³-hybridized carbons (Fsp3) is 0.182. The van der Waals surface area contributed by atoms with E-state index in [4.69, 9.17) is 4.42 Å². The molecule has 2 aromatic rings. The van der Waals surface area contributed by atoms with Crippen LogP contribution in [0.2, 0.25) is 0 Å². The molecule has 0 aliphatic heterocycles. The molecule has 2 heterocycles. The van der Waals surface area contributed by atoms with Crippen LogP contribution < -0.4 is 10.9 Å². The summed E-state index contributed by atoms with van der Waals surface area (Å²) >= 11 is 3.11. The lowest BCUT2D eigenvalue weighted by Gasteiger charge is -2.04. The van der Waals surface area contributed by atoms with Crippen LogP contribution >= 0.6 is 15.9 Å². The van der Waals surface area contributed by atoms with Crippen molar-refractivity contribution < 1.29 is 9.21 Å². The number of amides is 1. The van der Waals surface area contributed by atoms with Gasteiger partial charge in [0.15, 0.2) is 10.4 Å². The van der Waals surface area contributed by atoms with Crippen LogP contribution in [0.1, 0.15) is 10.6 Å². The highest BCUT2D eigenvalue weighted by atomic mass is 79.9. The molecule has 2 aromatic heterocycles. The highest BCUT2D eigenvalue weighted by molar-refractivity contribution is 9.10. The second-order valence-electron chi connectivity index (χ2n) is 3.44. The van der Waals surface area contributed by atoms with E-state index in [0.29, 0.717) is 17.8 Å². The van der Waals surface area contributed by atoms with Crippen molar-refractivity contribution in [3.63, 3.8) is 0 Å². The average molecular weight is 312 g/mol. The first-order chi connectivity index (χ1) is 8.66. The maximum absolute atomic E-state index is 11.6. The van der Waals surface area contributed by atoms with Crippen molar-refractivity contribution in [1.82, 2.24) is 15.1 Å². The quantitative estimate of drug-likeness (QED) is 0.915. The molecule has 1 N–H and O–H groups in total. The van der Waals surface area contributed by atoms with Gasteiger partial charge in [0.25, 0.3) is 11.5 Å². The van der Waals surface area contributed by atoms with Crippen molar-refractivity contribution in [2.45, 2.75) is 6.54 Å². The highest BCUT2D eigenvalue weighted by Gasteiger charge is 2.09. The number of carbonyl (C=O) groups excluding carboxylic acids is 1. The molecule has 0 radical (unpaired) electrons. The van der Waals surface area contributed by atoms with Gasteiger partial charge >= 0.3 is 0 Å². The van der Waals surface area contributed by atoms with E-state index < -0.39 is 0 Å². The van der Waals surface area contributed by atoms with Gasteiger partial charge in [-0.1, -0.05) is 0 Å². The molecule has 0 bridgehead atoms. The number of rotatable bonds is 4. The van der Waals surface area contributed by atoms with Crippen molar-refractivity contribution in [3.8, 4) is 0 Å². The van der Waals surface area contributed by atoms with Gasteiger partial charge < -0.3 is 9.73 Å². The van der Waals surface area contributed by atoms with Crippen molar-refractivity contribution in [1.29, 1.82) is 0 Å². The maximum atomic E-state index is 11.6. The number of hydrogen-bond donors (Lipinski definition) is 1. The Kier molecular flexibility index (Phi) is 3.93. The number of aromatic nitrogens is 2. The molecule has 94 valence electrons. The molecule has 0 spiro atoms. The van der Waals surface area contributed by atoms with Crippen LogP contribution in [0.5, 0.6) is 0 Å². The zero-order valence-electron chi connectivity index (χ0n) is 9.30. The van der Waals surface area contributed by atoms with Gasteiger partial charge in [-0.25, -0.2) is 4.68 Å². The van der Waals surface area contributed by atoms with Crippen molar-refractivity contribution in [2.24, 2.45) is 0 Å². The molecule has 0 aliphatic carbocycles. The summed E-state index contributed by atoms with van der Waals surface area (Å²) in [6.07, 6.45) is 1.52. The molecule has 0 saturated carbocycles. The van der Waals surface area contributed by atoms with Gasteiger partial charge in [0.2, 0.25) is 0 Å². The van der Waals surface area contributed by atoms with Crippen LogP contribution in [0.4, 0.5) is 0 Å². The summed E-state index contributed by atoms with van der Waals surface area (Å²) in [6, 6.07) is 6.18. The molecule has 0 atom stereocenters. The second kappa shape index (κ2) is 5.63. The van der Waals surface area contributed by atoms with Crippen molar-refractivity contribution in [2.75, 3.05) is 6.54 Å². The molecule has 2 rings (SSSR count). The van der Waals surface area contributed by atoms with Crippen LogP contribution in [0, 0.1) is 0 Å². The van der Waals surface area contributed by atoms with E-state index in [-0.39, 0.29) is 17.2 Å². The first-order valence-corrected chi connectivity index (χ1v) is 6.02. The molecule has 0 aromatic carbocycles. The number of hydrogen-bond acceptors (Lipinski definition) is 4. The zero-order chi connectivity index (χ0) is 13.0. The van der Waals surface area contributed by atoms with E-state index in [1.54, 1.807) is 18.2 Å². The summed E-state index contributed by atoms with van der Waals surface area (Å²) in [4.78, 5) is 22.9. The Morgan fingerprint density at radius 2 is 2.28 bits per heavy atom. The molecule has 0 fully saturated rings. The van der Waals surface area contributed by atoms with E-state index in [1.807, 2.05) is 0 Å². The third-order valence-electron chi connectivity index (χ3n) is 2.19. The molecule has 6 nitrogen and oxygen atoms in total. The Labute approximate surface area is 111 Å². The number of carbonyl (C=O) groups is 1. The van der Waals surface area contributed by atoms with E-state index in [9.17, 15) is 9.59 Å². The Balaban J connectivity index is 1.88. The Morgan fingerprint density at radius 3 is 2.94 bits per heavy atom. The largest absolute Gasteiger partial charge is 0.444 e. The average Bonchev–Trinajstić information content (AvgIpc) is 2.78. The Hall–Kier alpha value is -1.89. The van der Waals surface area contributed by atoms with Crippen LogP contribution in [0.3, 0.4) is 0 Å². The monoisotopic (exact) mass is 311 g/mol. The number of nitrogens with one attached hydrogen (secondary N) is 1. The van der Waals surface area contributed by atoms with Crippen LogP contribution in [-0.2, 0) is 6.54 Å². The predicted molar refractivity (Wildman–Crippen MR) is 67.2 cm³/mol. The SMILES string of the molecule is O=C(NCCn1ncccc1=O)c1ccc(Br)o1. The van der Waals surface area contributed by atoms with Gasteiger partial charge in [-0.15, -0.1) is 0 Å². The lowest BCUT2D eigenvalue weighted by molar-refractivity contribution is 0.0922. The summed E-state index contributed by atoms with van der Waals surface area (Å²) in [7, 11) is 0. The molecule has 0 unspecified atom stereocenters. The molecule has 0 aliphatic rings. The zero-order valence-corrected chi connectivity index (χ0v) is 10.9. The minimum absolute atomic E-state index is 0.201. The standard InChI is InChI=1S/C11H10BrN3O3/c12-9-4-3-8(18-9)11(17)13-6-7-15-10(16)2-1-5-14-15/h1-5H,6-7H2,(H,13,17). The van der Waals surface area contributed by atoms with Gasteiger partial charge in [-0.2, -0.15) is 5.10 Å². The van der Waals surface area contributed by atoms with Gasteiger partial charge in [-0.05, 0) is 34.1 Å². The normalized spacial score (nSPS) is 10.3. The summed E-state index contributed by atoms with van der Waals surface area (Å²) in [5.74, 6) is -0.111. The second-order valence-corrected chi connectivity index (χ2v) is 4.23. The van der Waals surface area contributed by atoms with Crippen LogP contribution in [-0.4, -0.2) is 22.2 Å². The topological polar surface area (TPSA) is 77.1 Å². The lowest BCUT2D eigenvalue weighted by Crippen LogP contribution is -2.31. The highest BCUT2D eigenvalue weighted by Crippen LogP contribution is 2.13. The fourth-order valence-corrected chi connectivity index (χ4v) is 1.66. The van der Waals surface area contributed by atoms with Gasteiger partial charge in [0.1, 0.15) is 0 Å².